The third-order valence-electron chi connectivity index (χ3n) is 3.08. The summed E-state index contributed by atoms with van der Waals surface area (Å²) in [5, 5.41) is 13.8. The van der Waals surface area contributed by atoms with Gasteiger partial charge in [0.1, 0.15) is 11.4 Å². The molecule has 0 aliphatic heterocycles. The SMILES string of the molecule is COc1ccc2onc(-c3ccc(C(=O)O)cc3)c2c1. The molecule has 1 heterocycles. The fourth-order valence-electron chi connectivity index (χ4n) is 2.02. The lowest BCUT2D eigenvalue weighted by Gasteiger charge is -2.00. The van der Waals surface area contributed by atoms with Crippen molar-refractivity contribution < 1.29 is 19.2 Å². The van der Waals surface area contributed by atoms with E-state index in [1.165, 1.54) is 0 Å². The molecular formula is C15H11NO4. The van der Waals surface area contributed by atoms with Crippen LogP contribution in [-0.2, 0) is 0 Å². The van der Waals surface area contributed by atoms with Gasteiger partial charge in [-0.15, -0.1) is 0 Å². The van der Waals surface area contributed by atoms with E-state index in [1.54, 1.807) is 43.5 Å². The highest BCUT2D eigenvalue weighted by molar-refractivity contribution is 5.93. The Bertz CT molecular complexity index is 774. The van der Waals surface area contributed by atoms with Crippen molar-refractivity contribution in [2.24, 2.45) is 0 Å². The Kier molecular flexibility index (Phi) is 2.87. The second kappa shape index (κ2) is 4.70. The molecule has 0 aliphatic carbocycles. The number of aromatic carboxylic acids is 1. The predicted molar refractivity (Wildman–Crippen MR) is 73.0 cm³/mol. The van der Waals surface area contributed by atoms with E-state index < -0.39 is 5.97 Å². The molecule has 0 radical (unpaired) electrons. The number of methoxy groups -OCH3 is 1. The molecule has 3 aromatic rings. The number of fused-ring (bicyclic) bond motifs is 1. The fraction of sp³-hybridized carbons (Fsp3) is 0.0667. The van der Waals surface area contributed by atoms with E-state index in [1.807, 2.05) is 6.07 Å². The van der Waals surface area contributed by atoms with Crippen LogP contribution in [0.3, 0.4) is 0 Å². The number of hydrogen-bond acceptors (Lipinski definition) is 4. The molecule has 5 nitrogen and oxygen atoms in total. The van der Waals surface area contributed by atoms with Gasteiger partial charge in [-0.25, -0.2) is 4.79 Å². The maximum atomic E-state index is 10.8. The molecule has 0 spiro atoms. The summed E-state index contributed by atoms with van der Waals surface area (Å²) in [7, 11) is 1.59. The largest absolute Gasteiger partial charge is 0.497 e. The highest BCUT2D eigenvalue weighted by Crippen LogP contribution is 2.30. The summed E-state index contributed by atoms with van der Waals surface area (Å²) in [5.41, 5.74) is 2.35. The lowest BCUT2D eigenvalue weighted by molar-refractivity contribution is 0.0697. The van der Waals surface area contributed by atoms with Gasteiger partial charge < -0.3 is 14.4 Å². The quantitative estimate of drug-likeness (QED) is 0.790. The molecule has 3 rings (SSSR count). The van der Waals surface area contributed by atoms with Crippen LogP contribution >= 0.6 is 0 Å². The topological polar surface area (TPSA) is 72.6 Å². The Morgan fingerprint density at radius 3 is 2.60 bits per heavy atom. The van der Waals surface area contributed by atoms with E-state index in [0.717, 1.165) is 10.9 Å². The summed E-state index contributed by atoms with van der Waals surface area (Å²) in [6, 6.07) is 11.9. The average Bonchev–Trinajstić information content (AvgIpc) is 2.90. The number of carboxylic acids is 1. The third-order valence-corrected chi connectivity index (χ3v) is 3.08. The second-order valence-corrected chi connectivity index (χ2v) is 4.28. The first-order valence-electron chi connectivity index (χ1n) is 5.96. The monoisotopic (exact) mass is 269 g/mol. The van der Waals surface area contributed by atoms with E-state index in [9.17, 15) is 4.79 Å². The van der Waals surface area contributed by atoms with E-state index >= 15 is 0 Å². The maximum absolute atomic E-state index is 10.8. The number of carboxylic acid groups (broad SMARTS) is 1. The average molecular weight is 269 g/mol. The Balaban J connectivity index is 2.11. The van der Waals surface area contributed by atoms with Gasteiger partial charge >= 0.3 is 5.97 Å². The van der Waals surface area contributed by atoms with Crippen molar-refractivity contribution in [2.45, 2.75) is 0 Å². The van der Waals surface area contributed by atoms with Gasteiger partial charge in [-0.3, -0.25) is 0 Å². The van der Waals surface area contributed by atoms with Crippen LogP contribution < -0.4 is 4.74 Å². The Hall–Kier alpha value is -2.82. The van der Waals surface area contributed by atoms with Gasteiger partial charge in [-0.1, -0.05) is 17.3 Å². The first-order valence-corrected chi connectivity index (χ1v) is 5.96. The zero-order chi connectivity index (χ0) is 14.1. The van der Waals surface area contributed by atoms with Crippen LogP contribution in [0.4, 0.5) is 0 Å². The minimum atomic E-state index is -0.955. The molecule has 1 N–H and O–H groups in total. The zero-order valence-corrected chi connectivity index (χ0v) is 10.7. The smallest absolute Gasteiger partial charge is 0.335 e. The second-order valence-electron chi connectivity index (χ2n) is 4.28. The van der Waals surface area contributed by atoms with Crippen LogP contribution in [0.5, 0.6) is 5.75 Å². The number of ether oxygens (including phenoxy) is 1. The number of carbonyl (C=O) groups is 1. The van der Waals surface area contributed by atoms with E-state index in [-0.39, 0.29) is 5.56 Å². The van der Waals surface area contributed by atoms with Crippen molar-refractivity contribution in [3.05, 3.63) is 48.0 Å². The van der Waals surface area contributed by atoms with E-state index in [0.29, 0.717) is 17.0 Å². The van der Waals surface area contributed by atoms with Crippen molar-refractivity contribution >= 4 is 16.9 Å². The fourth-order valence-corrected chi connectivity index (χ4v) is 2.02. The summed E-state index contributed by atoms with van der Waals surface area (Å²) in [4.78, 5) is 10.8. The summed E-state index contributed by atoms with van der Waals surface area (Å²) in [6.07, 6.45) is 0. The lowest BCUT2D eigenvalue weighted by Crippen LogP contribution is -1.95. The van der Waals surface area contributed by atoms with Crippen LogP contribution in [0.15, 0.2) is 47.0 Å². The van der Waals surface area contributed by atoms with Crippen molar-refractivity contribution in [2.75, 3.05) is 7.11 Å². The third kappa shape index (κ3) is 1.99. The first kappa shape index (κ1) is 12.2. The minimum Gasteiger partial charge on any atom is -0.497 e. The molecule has 0 amide bonds. The Morgan fingerprint density at radius 2 is 1.95 bits per heavy atom. The van der Waals surface area contributed by atoms with E-state index in [4.69, 9.17) is 14.4 Å². The van der Waals surface area contributed by atoms with Gasteiger partial charge in [0.2, 0.25) is 0 Å². The van der Waals surface area contributed by atoms with Gasteiger partial charge in [0.15, 0.2) is 5.58 Å². The molecule has 2 aromatic carbocycles. The molecule has 1 aromatic heterocycles. The zero-order valence-electron chi connectivity index (χ0n) is 10.7. The van der Waals surface area contributed by atoms with Crippen LogP contribution in [-0.4, -0.2) is 23.3 Å². The first-order chi connectivity index (χ1) is 9.69. The number of aromatic nitrogens is 1. The number of rotatable bonds is 3. The summed E-state index contributed by atoms with van der Waals surface area (Å²) >= 11 is 0. The molecule has 0 saturated carbocycles. The molecule has 0 saturated heterocycles. The molecular weight excluding hydrogens is 258 g/mol. The standard InChI is InChI=1S/C15H11NO4/c1-19-11-6-7-13-12(8-11)14(16-20-13)9-2-4-10(5-3-9)15(17)18/h2-8H,1H3,(H,17,18). The maximum Gasteiger partial charge on any atom is 0.335 e. The van der Waals surface area contributed by atoms with Crippen LogP contribution in [0, 0.1) is 0 Å². The van der Waals surface area contributed by atoms with Crippen molar-refractivity contribution in [3.63, 3.8) is 0 Å². The highest BCUT2D eigenvalue weighted by Gasteiger charge is 2.12. The molecule has 100 valence electrons. The van der Waals surface area contributed by atoms with Gasteiger partial charge in [-0.2, -0.15) is 0 Å². The summed E-state index contributed by atoms with van der Waals surface area (Å²) < 4.78 is 10.4. The molecule has 20 heavy (non-hydrogen) atoms. The molecule has 5 heteroatoms. The molecule has 0 unspecified atom stereocenters. The molecule has 0 bridgehead atoms. The predicted octanol–water partition coefficient (Wildman–Crippen LogP) is 3.20. The van der Waals surface area contributed by atoms with Crippen molar-refractivity contribution in [1.29, 1.82) is 0 Å². The van der Waals surface area contributed by atoms with E-state index in [2.05, 4.69) is 5.16 Å². The molecule has 0 aliphatic rings. The van der Waals surface area contributed by atoms with Gasteiger partial charge in [0.25, 0.3) is 0 Å². The number of hydrogen-bond donors (Lipinski definition) is 1. The van der Waals surface area contributed by atoms with Gasteiger partial charge in [-0.05, 0) is 30.3 Å². The number of nitrogens with zero attached hydrogens (tertiary/aromatic N) is 1. The van der Waals surface area contributed by atoms with Crippen LogP contribution in [0.1, 0.15) is 10.4 Å². The Labute approximate surface area is 114 Å². The normalized spacial score (nSPS) is 10.7. The summed E-state index contributed by atoms with van der Waals surface area (Å²) in [5.74, 6) is -0.243. The summed E-state index contributed by atoms with van der Waals surface area (Å²) in [6.45, 7) is 0. The van der Waals surface area contributed by atoms with Gasteiger partial charge in [0.05, 0.1) is 18.1 Å². The van der Waals surface area contributed by atoms with Crippen molar-refractivity contribution in [3.8, 4) is 17.0 Å². The lowest BCUT2D eigenvalue weighted by atomic mass is 10.1. The molecule has 0 atom stereocenters. The highest BCUT2D eigenvalue weighted by atomic mass is 16.5. The molecule has 0 fully saturated rings. The van der Waals surface area contributed by atoms with Crippen LogP contribution in [0.2, 0.25) is 0 Å². The van der Waals surface area contributed by atoms with Gasteiger partial charge in [0, 0.05) is 5.56 Å². The minimum absolute atomic E-state index is 0.235. The van der Waals surface area contributed by atoms with Crippen LogP contribution in [0.25, 0.3) is 22.2 Å². The Morgan fingerprint density at radius 1 is 1.20 bits per heavy atom. The van der Waals surface area contributed by atoms with Crippen molar-refractivity contribution in [1.82, 2.24) is 5.16 Å². The number of benzene rings is 2.